The molecule has 3 aromatic rings. The van der Waals surface area contributed by atoms with Gasteiger partial charge in [0.05, 0.1) is 12.3 Å². The van der Waals surface area contributed by atoms with E-state index in [0.717, 1.165) is 5.56 Å². The molecule has 134 valence electrons. The van der Waals surface area contributed by atoms with Gasteiger partial charge in [0.2, 0.25) is 17.0 Å². The number of nitrogens with one attached hydrogen (secondary N) is 1. The minimum atomic E-state index is -0.490. The molecule has 0 fully saturated rings. The lowest BCUT2D eigenvalue weighted by Gasteiger charge is -2.12. The van der Waals surface area contributed by atoms with Gasteiger partial charge in [-0.2, -0.15) is 4.98 Å². The van der Waals surface area contributed by atoms with Gasteiger partial charge in [0.25, 0.3) is 0 Å². The van der Waals surface area contributed by atoms with Gasteiger partial charge in [0, 0.05) is 6.07 Å². The smallest absolute Gasteiger partial charge is 0.316 e. The summed E-state index contributed by atoms with van der Waals surface area (Å²) >= 11 is 0. The Balaban J connectivity index is 1.62. The van der Waals surface area contributed by atoms with E-state index >= 15 is 0 Å². The molecule has 2 heterocycles. The Kier molecular flexibility index (Phi) is 5.12. The van der Waals surface area contributed by atoms with Gasteiger partial charge in [-0.3, -0.25) is 9.59 Å². The van der Waals surface area contributed by atoms with E-state index in [1.807, 2.05) is 37.3 Å². The molecule has 2 aromatic heterocycles. The predicted molar refractivity (Wildman–Crippen MR) is 90.7 cm³/mol. The van der Waals surface area contributed by atoms with E-state index in [9.17, 15) is 9.59 Å². The normalized spacial score (nSPS) is 11.8. The third-order valence-corrected chi connectivity index (χ3v) is 3.66. The molecule has 1 atom stereocenters. The fourth-order valence-electron chi connectivity index (χ4n) is 2.30. The van der Waals surface area contributed by atoms with Gasteiger partial charge in [-0.1, -0.05) is 35.5 Å². The predicted octanol–water partition coefficient (Wildman–Crippen LogP) is 2.40. The summed E-state index contributed by atoms with van der Waals surface area (Å²) in [5.74, 6) is -0.111. The van der Waals surface area contributed by atoms with E-state index in [4.69, 9.17) is 13.7 Å². The average Bonchev–Trinajstić information content (AvgIpc) is 3.11. The molecule has 0 aliphatic heterocycles. The molecule has 1 unspecified atom stereocenters. The van der Waals surface area contributed by atoms with Crippen LogP contribution in [-0.4, -0.2) is 16.0 Å². The zero-order chi connectivity index (χ0) is 18.5. The number of carbonyl (C=O) groups is 1. The minimum absolute atomic E-state index is 0.0704. The highest BCUT2D eigenvalue weighted by molar-refractivity contribution is 5.89. The monoisotopic (exact) mass is 355 g/mol. The van der Waals surface area contributed by atoms with Crippen LogP contribution in [0.5, 0.6) is 5.75 Å². The molecule has 0 aliphatic rings. The van der Waals surface area contributed by atoms with Crippen LogP contribution in [0.3, 0.4) is 0 Å². The molecule has 8 nitrogen and oxygen atoms in total. The van der Waals surface area contributed by atoms with E-state index in [2.05, 4.69) is 15.5 Å². The molecule has 0 saturated heterocycles. The summed E-state index contributed by atoms with van der Waals surface area (Å²) in [6.45, 7) is 3.34. The lowest BCUT2D eigenvalue weighted by Crippen LogP contribution is -2.26. The van der Waals surface area contributed by atoms with Gasteiger partial charge >= 0.3 is 11.8 Å². The maximum absolute atomic E-state index is 12.2. The number of aromatic nitrogens is 2. The standard InChI is InChI=1S/C18H17N3O5/c1-11(13-6-4-3-5-7-13)19-17(23)18-20-15(21-26-18)10-25-16-12(2)24-9-8-14(16)22/h3-9,11H,10H2,1-2H3,(H,19,23). The van der Waals surface area contributed by atoms with Crippen molar-refractivity contribution in [3.63, 3.8) is 0 Å². The summed E-state index contributed by atoms with van der Waals surface area (Å²) < 4.78 is 15.4. The molecule has 8 heteroatoms. The molecular formula is C18H17N3O5. The van der Waals surface area contributed by atoms with Crippen molar-refractivity contribution < 1.29 is 18.5 Å². The van der Waals surface area contributed by atoms with Crippen LogP contribution in [0.1, 0.15) is 40.8 Å². The summed E-state index contributed by atoms with van der Waals surface area (Å²) in [6.07, 6.45) is 1.29. The van der Waals surface area contributed by atoms with Gasteiger partial charge < -0.3 is 19.0 Å². The summed E-state index contributed by atoms with van der Waals surface area (Å²) in [6, 6.07) is 10.5. The molecule has 0 spiro atoms. The SMILES string of the molecule is Cc1occc(=O)c1OCc1noc(C(=O)NC(C)c2ccccc2)n1. The van der Waals surface area contributed by atoms with Crippen LogP contribution in [0.2, 0.25) is 0 Å². The third kappa shape index (κ3) is 3.97. The first-order chi connectivity index (χ1) is 12.5. The molecule has 0 bridgehead atoms. The molecule has 1 N–H and O–H groups in total. The highest BCUT2D eigenvalue weighted by Crippen LogP contribution is 2.14. The molecule has 1 aromatic carbocycles. The van der Waals surface area contributed by atoms with Crippen molar-refractivity contribution in [2.24, 2.45) is 0 Å². The number of benzene rings is 1. The summed E-state index contributed by atoms with van der Waals surface area (Å²) in [7, 11) is 0. The number of rotatable bonds is 6. The lowest BCUT2D eigenvalue weighted by atomic mass is 10.1. The lowest BCUT2D eigenvalue weighted by molar-refractivity contribution is 0.0895. The number of hydrogen-bond donors (Lipinski definition) is 1. The van der Waals surface area contributed by atoms with Crippen LogP contribution < -0.4 is 15.5 Å². The van der Waals surface area contributed by atoms with Crippen LogP contribution in [0, 0.1) is 6.92 Å². The van der Waals surface area contributed by atoms with Crippen molar-refractivity contribution in [2.45, 2.75) is 26.5 Å². The minimum Gasteiger partial charge on any atom is -0.478 e. The molecule has 0 saturated carbocycles. The topological polar surface area (TPSA) is 107 Å². The Morgan fingerprint density at radius 2 is 2.04 bits per heavy atom. The molecule has 3 rings (SSSR count). The van der Waals surface area contributed by atoms with Crippen LogP contribution >= 0.6 is 0 Å². The summed E-state index contributed by atoms with van der Waals surface area (Å²) in [5.41, 5.74) is 0.641. The van der Waals surface area contributed by atoms with Crippen molar-refractivity contribution in [1.82, 2.24) is 15.5 Å². The Morgan fingerprint density at radius 3 is 2.77 bits per heavy atom. The van der Waals surface area contributed by atoms with Crippen LogP contribution in [0.15, 0.2) is 56.4 Å². The largest absolute Gasteiger partial charge is 0.478 e. The van der Waals surface area contributed by atoms with Crippen molar-refractivity contribution in [2.75, 3.05) is 0 Å². The maximum Gasteiger partial charge on any atom is 0.316 e. The summed E-state index contributed by atoms with van der Waals surface area (Å²) in [5, 5.41) is 6.46. The first kappa shape index (κ1) is 17.4. The van der Waals surface area contributed by atoms with Crippen LogP contribution in [0.25, 0.3) is 0 Å². The van der Waals surface area contributed by atoms with Crippen LogP contribution in [-0.2, 0) is 6.61 Å². The number of hydrogen-bond acceptors (Lipinski definition) is 7. The van der Waals surface area contributed by atoms with E-state index in [1.54, 1.807) is 6.92 Å². The van der Waals surface area contributed by atoms with Crippen molar-refractivity contribution in [3.05, 3.63) is 75.9 Å². The Labute approximate surface area is 148 Å². The van der Waals surface area contributed by atoms with Gasteiger partial charge in [0.1, 0.15) is 5.76 Å². The highest BCUT2D eigenvalue weighted by Gasteiger charge is 2.18. The molecule has 0 aliphatic carbocycles. The third-order valence-electron chi connectivity index (χ3n) is 3.66. The Bertz CT molecular complexity index is 949. The van der Waals surface area contributed by atoms with Crippen LogP contribution in [0.4, 0.5) is 0 Å². The Morgan fingerprint density at radius 1 is 1.27 bits per heavy atom. The van der Waals surface area contributed by atoms with E-state index in [1.165, 1.54) is 12.3 Å². The Hall–Kier alpha value is -3.42. The quantitative estimate of drug-likeness (QED) is 0.723. The van der Waals surface area contributed by atoms with Gasteiger partial charge in [-0.15, -0.1) is 0 Å². The number of amides is 1. The second-order valence-electron chi connectivity index (χ2n) is 5.58. The first-order valence-electron chi connectivity index (χ1n) is 7.94. The second kappa shape index (κ2) is 7.64. The fraction of sp³-hybridized carbons (Fsp3) is 0.222. The van der Waals surface area contributed by atoms with Crippen molar-refractivity contribution >= 4 is 5.91 Å². The van der Waals surface area contributed by atoms with Crippen molar-refractivity contribution in [3.8, 4) is 5.75 Å². The summed E-state index contributed by atoms with van der Waals surface area (Å²) in [4.78, 5) is 27.9. The average molecular weight is 355 g/mol. The van der Waals surface area contributed by atoms with Gasteiger partial charge in [-0.05, 0) is 19.4 Å². The number of carbonyl (C=O) groups excluding carboxylic acids is 1. The highest BCUT2D eigenvalue weighted by atomic mass is 16.5. The zero-order valence-electron chi connectivity index (χ0n) is 14.3. The number of nitrogens with zero attached hydrogens (tertiary/aromatic N) is 2. The first-order valence-corrected chi connectivity index (χ1v) is 7.94. The molecule has 0 radical (unpaired) electrons. The van der Waals surface area contributed by atoms with E-state index in [-0.39, 0.29) is 35.5 Å². The van der Waals surface area contributed by atoms with Crippen molar-refractivity contribution in [1.29, 1.82) is 0 Å². The van der Waals surface area contributed by atoms with E-state index in [0.29, 0.717) is 5.76 Å². The number of ether oxygens (including phenoxy) is 1. The molecule has 1 amide bonds. The second-order valence-corrected chi connectivity index (χ2v) is 5.58. The van der Waals surface area contributed by atoms with Gasteiger partial charge in [0.15, 0.2) is 6.61 Å². The fourth-order valence-corrected chi connectivity index (χ4v) is 2.30. The van der Waals surface area contributed by atoms with E-state index < -0.39 is 5.91 Å². The molecular weight excluding hydrogens is 338 g/mol. The zero-order valence-corrected chi connectivity index (χ0v) is 14.3. The van der Waals surface area contributed by atoms with Gasteiger partial charge in [-0.25, -0.2) is 0 Å². The number of aryl methyl sites for hydroxylation is 1. The molecule has 26 heavy (non-hydrogen) atoms. The maximum atomic E-state index is 12.2.